The molecule has 4 nitrogen and oxygen atoms in total. The molecule has 0 N–H and O–H groups in total. The predicted molar refractivity (Wildman–Crippen MR) is 78.7 cm³/mol. The molecule has 0 spiro atoms. The molecule has 20 heavy (non-hydrogen) atoms. The van der Waals surface area contributed by atoms with Crippen LogP contribution in [0, 0.1) is 0 Å². The van der Waals surface area contributed by atoms with Crippen LogP contribution >= 0.6 is 11.6 Å². The van der Waals surface area contributed by atoms with Crippen molar-refractivity contribution in [2.45, 2.75) is 45.8 Å². The second-order valence-corrected chi connectivity index (χ2v) is 6.53. The molecule has 5 heteroatoms. The fourth-order valence-electron chi connectivity index (χ4n) is 2.30. The van der Waals surface area contributed by atoms with Crippen LogP contribution in [0.4, 0.5) is 0 Å². The van der Waals surface area contributed by atoms with Crippen molar-refractivity contribution in [1.82, 2.24) is 9.88 Å². The van der Waals surface area contributed by atoms with Crippen LogP contribution in [0.3, 0.4) is 0 Å². The highest BCUT2D eigenvalue weighted by molar-refractivity contribution is 6.29. The number of halogens is 1. The Kier molecular flexibility index (Phi) is 4.66. The Hall–Kier alpha value is -1.13. The second-order valence-electron chi connectivity index (χ2n) is 6.14. The van der Waals surface area contributed by atoms with E-state index < -0.39 is 5.60 Å². The van der Waals surface area contributed by atoms with Crippen LogP contribution < -0.4 is 0 Å². The van der Waals surface area contributed by atoms with E-state index in [0.29, 0.717) is 11.6 Å². The average molecular weight is 297 g/mol. The van der Waals surface area contributed by atoms with E-state index in [-0.39, 0.29) is 5.97 Å². The van der Waals surface area contributed by atoms with Gasteiger partial charge in [-0.25, -0.2) is 4.98 Å². The zero-order valence-electron chi connectivity index (χ0n) is 12.3. The molecule has 2 rings (SSSR count). The van der Waals surface area contributed by atoms with E-state index in [1.165, 1.54) is 11.1 Å². The number of ether oxygens (including phenoxy) is 1. The summed E-state index contributed by atoms with van der Waals surface area (Å²) < 4.78 is 5.32. The van der Waals surface area contributed by atoms with E-state index >= 15 is 0 Å². The Labute approximate surface area is 125 Å². The molecule has 0 bridgehead atoms. The molecule has 0 aromatic carbocycles. The van der Waals surface area contributed by atoms with Gasteiger partial charge in [0.1, 0.15) is 10.8 Å². The van der Waals surface area contributed by atoms with Crippen molar-refractivity contribution in [2.75, 3.05) is 13.1 Å². The normalized spacial score (nSPS) is 15.8. The molecule has 1 aromatic rings. The zero-order valence-corrected chi connectivity index (χ0v) is 13.0. The highest BCUT2D eigenvalue weighted by Gasteiger charge is 2.20. The van der Waals surface area contributed by atoms with Crippen LogP contribution in [0.5, 0.6) is 0 Å². The SMILES string of the molecule is CC(C)(C)OC(=O)CCN1CCc2cc(Cl)ncc2C1. The van der Waals surface area contributed by atoms with Gasteiger partial charge in [0.25, 0.3) is 0 Å². The van der Waals surface area contributed by atoms with Gasteiger partial charge in [0.05, 0.1) is 6.42 Å². The number of carbonyl (C=O) groups is 1. The maximum atomic E-state index is 11.7. The molecule has 0 amide bonds. The number of fused-ring (bicyclic) bond motifs is 1. The van der Waals surface area contributed by atoms with E-state index in [1.807, 2.05) is 33.0 Å². The largest absolute Gasteiger partial charge is 0.460 e. The summed E-state index contributed by atoms with van der Waals surface area (Å²) in [4.78, 5) is 18.1. The number of rotatable bonds is 3. The Morgan fingerprint density at radius 2 is 2.20 bits per heavy atom. The molecule has 2 heterocycles. The smallest absolute Gasteiger partial charge is 0.307 e. The summed E-state index contributed by atoms with van der Waals surface area (Å²) in [6.07, 6.45) is 3.21. The summed E-state index contributed by atoms with van der Waals surface area (Å²) in [6.45, 7) is 8.14. The molecular formula is C15H21ClN2O2. The molecule has 0 saturated heterocycles. The fourth-order valence-corrected chi connectivity index (χ4v) is 2.48. The van der Waals surface area contributed by atoms with Gasteiger partial charge in [0.2, 0.25) is 0 Å². The number of hydrogen-bond donors (Lipinski definition) is 0. The number of nitrogens with zero attached hydrogens (tertiary/aromatic N) is 2. The van der Waals surface area contributed by atoms with Gasteiger partial charge in [0.15, 0.2) is 0 Å². The average Bonchev–Trinajstić information content (AvgIpc) is 2.34. The number of esters is 1. The lowest BCUT2D eigenvalue weighted by Gasteiger charge is -2.28. The minimum absolute atomic E-state index is 0.141. The topological polar surface area (TPSA) is 42.4 Å². The van der Waals surface area contributed by atoms with Gasteiger partial charge in [0, 0.05) is 25.8 Å². The lowest BCUT2D eigenvalue weighted by Crippen LogP contribution is -2.33. The molecule has 1 aliphatic rings. The maximum Gasteiger partial charge on any atom is 0.307 e. The van der Waals surface area contributed by atoms with Gasteiger partial charge >= 0.3 is 5.97 Å². The van der Waals surface area contributed by atoms with Gasteiger partial charge in [-0.2, -0.15) is 0 Å². The first-order valence-corrected chi connectivity index (χ1v) is 7.29. The van der Waals surface area contributed by atoms with Crippen LogP contribution in [0.2, 0.25) is 5.15 Å². The van der Waals surface area contributed by atoms with Crippen molar-refractivity contribution in [3.8, 4) is 0 Å². The third-order valence-corrected chi connectivity index (χ3v) is 3.40. The second kappa shape index (κ2) is 6.10. The molecule has 0 atom stereocenters. The molecule has 110 valence electrons. The molecule has 0 saturated carbocycles. The molecule has 0 aliphatic carbocycles. The summed E-state index contributed by atoms with van der Waals surface area (Å²) >= 11 is 5.89. The number of hydrogen-bond acceptors (Lipinski definition) is 4. The molecule has 0 fully saturated rings. The van der Waals surface area contributed by atoms with E-state index in [9.17, 15) is 4.79 Å². The lowest BCUT2D eigenvalue weighted by molar-refractivity contribution is -0.155. The maximum absolute atomic E-state index is 11.7. The predicted octanol–water partition coefficient (Wildman–Crippen LogP) is 2.82. The van der Waals surface area contributed by atoms with E-state index in [2.05, 4.69) is 9.88 Å². The Bertz CT molecular complexity index is 497. The number of carbonyl (C=O) groups excluding carboxylic acids is 1. The Morgan fingerprint density at radius 3 is 2.90 bits per heavy atom. The molecule has 1 aromatic heterocycles. The summed E-state index contributed by atoms with van der Waals surface area (Å²) in [7, 11) is 0. The molecule has 1 aliphatic heterocycles. The van der Waals surface area contributed by atoms with E-state index in [4.69, 9.17) is 16.3 Å². The first-order chi connectivity index (χ1) is 9.33. The number of pyridine rings is 1. The third-order valence-electron chi connectivity index (χ3n) is 3.19. The zero-order chi connectivity index (χ0) is 14.8. The molecule has 0 unspecified atom stereocenters. The van der Waals surface area contributed by atoms with Gasteiger partial charge in [-0.05, 0) is 44.4 Å². The summed E-state index contributed by atoms with van der Waals surface area (Å²) in [5, 5.41) is 0.547. The van der Waals surface area contributed by atoms with Crippen molar-refractivity contribution < 1.29 is 9.53 Å². The minimum atomic E-state index is -0.410. The van der Waals surface area contributed by atoms with E-state index in [0.717, 1.165) is 26.1 Å². The summed E-state index contributed by atoms with van der Waals surface area (Å²) in [5.41, 5.74) is 2.05. The third kappa shape index (κ3) is 4.46. The van der Waals surface area contributed by atoms with Gasteiger partial charge in [-0.3, -0.25) is 9.69 Å². The van der Waals surface area contributed by atoms with Gasteiger partial charge < -0.3 is 4.74 Å². The van der Waals surface area contributed by atoms with Crippen LogP contribution in [0.25, 0.3) is 0 Å². The highest BCUT2D eigenvalue weighted by Crippen LogP contribution is 2.21. The van der Waals surface area contributed by atoms with Crippen molar-refractivity contribution >= 4 is 17.6 Å². The monoisotopic (exact) mass is 296 g/mol. The van der Waals surface area contributed by atoms with Crippen LogP contribution in [0.15, 0.2) is 12.3 Å². The standard InChI is InChI=1S/C15H21ClN2O2/c1-15(2,3)20-14(19)5-7-18-6-4-11-8-13(16)17-9-12(11)10-18/h8-9H,4-7,10H2,1-3H3. The number of aromatic nitrogens is 1. The van der Waals surface area contributed by atoms with Crippen LogP contribution in [-0.2, 0) is 22.5 Å². The van der Waals surface area contributed by atoms with Crippen molar-refractivity contribution in [3.63, 3.8) is 0 Å². The highest BCUT2D eigenvalue weighted by atomic mass is 35.5. The van der Waals surface area contributed by atoms with Gasteiger partial charge in [-0.15, -0.1) is 0 Å². The van der Waals surface area contributed by atoms with Crippen LogP contribution in [-0.4, -0.2) is 34.5 Å². The lowest BCUT2D eigenvalue weighted by atomic mass is 10.0. The first kappa shape index (κ1) is 15.3. The van der Waals surface area contributed by atoms with Crippen molar-refractivity contribution in [2.24, 2.45) is 0 Å². The molecular weight excluding hydrogens is 276 g/mol. The quantitative estimate of drug-likeness (QED) is 0.635. The summed E-state index contributed by atoms with van der Waals surface area (Å²) in [5.74, 6) is -0.141. The fraction of sp³-hybridized carbons (Fsp3) is 0.600. The minimum Gasteiger partial charge on any atom is -0.460 e. The Balaban J connectivity index is 1.85. The molecule has 0 radical (unpaired) electrons. The van der Waals surface area contributed by atoms with Gasteiger partial charge in [-0.1, -0.05) is 11.6 Å². The van der Waals surface area contributed by atoms with Crippen LogP contribution in [0.1, 0.15) is 38.3 Å². The van der Waals surface area contributed by atoms with Crippen molar-refractivity contribution in [1.29, 1.82) is 0 Å². The van der Waals surface area contributed by atoms with Crippen molar-refractivity contribution in [3.05, 3.63) is 28.5 Å². The summed E-state index contributed by atoms with van der Waals surface area (Å²) in [6, 6.07) is 1.93. The first-order valence-electron chi connectivity index (χ1n) is 6.91. The van der Waals surface area contributed by atoms with E-state index in [1.54, 1.807) is 0 Å². The Morgan fingerprint density at radius 1 is 1.45 bits per heavy atom.